The van der Waals surface area contributed by atoms with Crippen LogP contribution in [0.25, 0.3) is 16.8 Å². The number of carbonyl (C=O) groups excluding carboxylic acids is 2. The van der Waals surface area contributed by atoms with Gasteiger partial charge in [-0.1, -0.05) is 54.6 Å². The van der Waals surface area contributed by atoms with Crippen LogP contribution in [0.3, 0.4) is 0 Å². The Morgan fingerprint density at radius 1 is 0.702 bits per heavy atom. The highest BCUT2D eigenvalue weighted by molar-refractivity contribution is 7.89. The summed E-state index contributed by atoms with van der Waals surface area (Å²) in [7, 11) is -7.44. The summed E-state index contributed by atoms with van der Waals surface area (Å²) >= 11 is 0. The van der Waals surface area contributed by atoms with Crippen molar-refractivity contribution in [1.29, 1.82) is 0 Å². The molecule has 1 N–H and O–H groups in total. The van der Waals surface area contributed by atoms with Gasteiger partial charge in [0.1, 0.15) is 23.0 Å². The molecular formula is C42H42N2O11S2. The van der Waals surface area contributed by atoms with E-state index in [9.17, 15) is 26.4 Å². The fraction of sp³-hybridized carbons (Fsp3) is 0.238. The van der Waals surface area contributed by atoms with E-state index in [1.54, 1.807) is 86.6 Å². The summed E-state index contributed by atoms with van der Waals surface area (Å²) in [6.45, 7) is 3.33. The zero-order valence-corrected chi connectivity index (χ0v) is 32.9. The van der Waals surface area contributed by atoms with Crippen LogP contribution in [-0.4, -0.2) is 77.8 Å². The largest absolute Gasteiger partial charge is 0.485 e. The predicted molar refractivity (Wildman–Crippen MR) is 216 cm³/mol. The van der Waals surface area contributed by atoms with E-state index in [0.717, 1.165) is 21.7 Å². The molecule has 0 bridgehead atoms. The van der Waals surface area contributed by atoms with Gasteiger partial charge in [0, 0.05) is 5.69 Å². The maximum atomic E-state index is 13.5. The van der Waals surface area contributed by atoms with E-state index in [4.69, 9.17) is 22.6 Å². The maximum absolute atomic E-state index is 13.5. The number of carbonyl (C=O) groups is 2. The third kappa shape index (κ3) is 11.6. The quantitative estimate of drug-likeness (QED) is 0.0849. The number of hydrogen-bond donors (Lipinski definition) is 1. The molecule has 0 spiro atoms. The van der Waals surface area contributed by atoms with E-state index in [1.807, 2.05) is 42.5 Å². The number of nitrogens with zero attached hydrogens (tertiary/aromatic N) is 1. The Hall–Kier alpha value is -5.74. The number of rotatable bonds is 16. The normalized spacial score (nSPS) is 15.8. The van der Waals surface area contributed by atoms with E-state index in [1.165, 1.54) is 11.0 Å². The number of aryl methyl sites for hydroxylation is 1. The minimum absolute atomic E-state index is 0.0179. The summed E-state index contributed by atoms with van der Waals surface area (Å²) in [6, 6.07) is 33.9. The van der Waals surface area contributed by atoms with Gasteiger partial charge in [0.05, 0.1) is 37.5 Å². The highest BCUT2D eigenvalue weighted by Crippen LogP contribution is 2.28. The zero-order chi connectivity index (χ0) is 40.4. The van der Waals surface area contributed by atoms with Gasteiger partial charge in [0.15, 0.2) is 12.2 Å². The van der Waals surface area contributed by atoms with Crippen LogP contribution in [0.2, 0.25) is 0 Å². The van der Waals surface area contributed by atoms with Crippen molar-refractivity contribution in [3.8, 4) is 23.0 Å². The fourth-order valence-electron chi connectivity index (χ4n) is 6.03. The molecule has 0 unspecified atom stereocenters. The molecule has 0 aromatic heterocycles. The van der Waals surface area contributed by atoms with Gasteiger partial charge in [-0.2, -0.15) is 16.8 Å². The molecule has 5 aromatic rings. The molecule has 6 rings (SSSR count). The van der Waals surface area contributed by atoms with Gasteiger partial charge in [0.25, 0.3) is 20.2 Å². The highest BCUT2D eigenvalue weighted by Gasteiger charge is 2.40. The predicted octanol–water partition coefficient (Wildman–Crippen LogP) is 6.55. The molecule has 0 saturated carbocycles. The second-order valence-corrected chi connectivity index (χ2v) is 16.2. The molecule has 1 aliphatic heterocycles. The molecule has 13 nitrogen and oxygen atoms in total. The Kier molecular flexibility index (Phi) is 13.3. The SMILES string of the molecule is CCOS(=O)(=O)/C=C/c1ccc(O[C@@H]2CN(C(=O)C(=O)Nc3ccc(Oc4ccc5ccccc5c4)cc3)C[C@H]2Oc2ccc(CCS(=O)(=O)OCC)cc2)cc1. The summed E-state index contributed by atoms with van der Waals surface area (Å²) in [6.07, 6.45) is 0.242. The van der Waals surface area contributed by atoms with Gasteiger partial charge in [-0.3, -0.25) is 18.0 Å². The number of anilines is 1. The van der Waals surface area contributed by atoms with E-state index in [2.05, 4.69) is 5.32 Å². The number of ether oxygens (including phenoxy) is 3. The Bertz CT molecular complexity index is 2420. The van der Waals surface area contributed by atoms with Crippen LogP contribution in [0.15, 0.2) is 121 Å². The molecule has 1 aliphatic rings. The van der Waals surface area contributed by atoms with Crippen LogP contribution in [-0.2, 0) is 44.6 Å². The zero-order valence-electron chi connectivity index (χ0n) is 31.3. The number of fused-ring (bicyclic) bond motifs is 1. The second kappa shape index (κ2) is 18.5. The number of benzene rings is 5. The second-order valence-electron chi connectivity index (χ2n) is 12.9. The van der Waals surface area contributed by atoms with Crippen LogP contribution in [0.4, 0.5) is 5.69 Å². The molecule has 57 heavy (non-hydrogen) atoms. The van der Waals surface area contributed by atoms with E-state index in [-0.39, 0.29) is 38.5 Å². The highest BCUT2D eigenvalue weighted by atomic mass is 32.2. The Labute approximate surface area is 332 Å². The molecule has 0 aliphatic carbocycles. The summed E-state index contributed by atoms with van der Waals surface area (Å²) < 4.78 is 75.9. The lowest BCUT2D eigenvalue weighted by molar-refractivity contribution is -0.142. The van der Waals surface area contributed by atoms with Gasteiger partial charge in [-0.25, -0.2) is 0 Å². The summed E-state index contributed by atoms with van der Waals surface area (Å²) in [4.78, 5) is 28.1. The van der Waals surface area contributed by atoms with Gasteiger partial charge in [-0.05, 0) is 109 Å². The van der Waals surface area contributed by atoms with E-state index < -0.39 is 44.3 Å². The molecule has 2 amide bonds. The Balaban J connectivity index is 1.11. The first-order valence-electron chi connectivity index (χ1n) is 18.2. The van der Waals surface area contributed by atoms with Crippen LogP contribution < -0.4 is 19.5 Å². The third-order valence-corrected chi connectivity index (χ3v) is 11.1. The van der Waals surface area contributed by atoms with Crippen LogP contribution >= 0.6 is 0 Å². The van der Waals surface area contributed by atoms with Crippen LogP contribution in [0.1, 0.15) is 25.0 Å². The van der Waals surface area contributed by atoms with Crippen molar-refractivity contribution >= 4 is 54.6 Å². The molecule has 298 valence electrons. The van der Waals surface area contributed by atoms with Crippen molar-refractivity contribution in [2.45, 2.75) is 32.5 Å². The lowest BCUT2D eigenvalue weighted by atomic mass is 10.1. The molecule has 1 saturated heterocycles. The van der Waals surface area contributed by atoms with Gasteiger partial charge >= 0.3 is 11.8 Å². The monoisotopic (exact) mass is 814 g/mol. The molecule has 1 fully saturated rings. The van der Waals surface area contributed by atoms with Gasteiger partial charge < -0.3 is 24.4 Å². The fourth-order valence-corrected chi connectivity index (χ4v) is 7.72. The number of likely N-dealkylation sites (tertiary alicyclic amines) is 1. The number of amides is 2. The molecule has 0 radical (unpaired) electrons. The summed E-state index contributed by atoms with van der Waals surface area (Å²) in [5.41, 5.74) is 1.74. The molecule has 1 heterocycles. The lowest BCUT2D eigenvalue weighted by Gasteiger charge is -2.21. The smallest absolute Gasteiger partial charge is 0.313 e. The van der Waals surface area contributed by atoms with Crippen molar-refractivity contribution in [2.75, 3.05) is 37.4 Å². The van der Waals surface area contributed by atoms with Crippen molar-refractivity contribution in [1.82, 2.24) is 4.90 Å². The lowest BCUT2D eigenvalue weighted by Crippen LogP contribution is -2.39. The Morgan fingerprint density at radius 2 is 1.28 bits per heavy atom. The van der Waals surface area contributed by atoms with Gasteiger partial charge in [-0.15, -0.1) is 0 Å². The first kappa shape index (κ1) is 40.9. The van der Waals surface area contributed by atoms with Crippen molar-refractivity contribution in [3.63, 3.8) is 0 Å². The van der Waals surface area contributed by atoms with Crippen LogP contribution in [0.5, 0.6) is 23.0 Å². The topological polar surface area (TPSA) is 164 Å². The standard InChI is InChI=1S/C42H42N2O11S2/c1-3-51-56(47,48)25-23-30-9-16-36(17-10-30)54-39-28-44(29-40(39)55-37-18-11-31(12-19-37)24-26-57(49,50)52-4-2)42(46)41(45)43-34-14-21-35(22-15-34)53-38-20-13-32-7-5-6-8-33(32)27-38/h5-23,25,27,39-40H,3-4,24,26,28-29H2,1-2H3,(H,43,45)/b25-23+/t39-,40-/m1/s1. The summed E-state index contributed by atoms with van der Waals surface area (Å²) in [5.74, 6) is 0.291. The van der Waals surface area contributed by atoms with Crippen molar-refractivity contribution < 1.29 is 49.0 Å². The van der Waals surface area contributed by atoms with E-state index >= 15 is 0 Å². The molecular weight excluding hydrogens is 773 g/mol. The molecule has 2 atom stereocenters. The first-order chi connectivity index (χ1) is 27.4. The minimum atomic E-state index is -3.81. The number of hydrogen-bond acceptors (Lipinski definition) is 11. The number of nitrogens with one attached hydrogen (secondary N) is 1. The minimum Gasteiger partial charge on any atom is -0.485 e. The van der Waals surface area contributed by atoms with Crippen molar-refractivity contribution in [2.24, 2.45) is 0 Å². The van der Waals surface area contributed by atoms with Gasteiger partial charge in [0.2, 0.25) is 0 Å². The summed E-state index contributed by atoms with van der Waals surface area (Å²) in [5, 5.41) is 5.77. The van der Waals surface area contributed by atoms with Crippen LogP contribution in [0, 0.1) is 0 Å². The van der Waals surface area contributed by atoms with Crippen molar-refractivity contribution in [3.05, 3.63) is 132 Å². The average Bonchev–Trinajstić information content (AvgIpc) is 3.59. The Morgan fingerprint density at radius 3 is 1.91 bits per heavy atom. The first-order valence-corrected chi connectivity index (χ1v) is 21.3. The third-order valence-electron chi connectivity index (χ3n) is 8.79. The molecule has 15 heteroatoms. The van der Waals surface area contributed by atoms with E-state index in [0.29, 0.717) is 34.2 Å². The average molecular weight is 815 g/mol. The molecule has 5 aromatic carbocycles. The maximum Gasteiger partial charge on any atom is 0.313 e.